The number of rotatable bonds is 7. The minimum Gasteiger partial charge on any atom is -0.454 e. The van der Waals surface area contributed by atoms with E-state index in [-0.39, 0.29) is 0 Å². The normalized spacial score (nSPS) is 11.5. The largest absolute Gasteiger partial charge is 0.454 e. The molecule has 290 valence electrons. The first-order chi connectivity index (χ1) is 30.7. The Morgan fingerprint density at radius 3 is 1.34 bits per heavy atom. The maximum Gasteiger partial charge on any atom is 0.238 e. The molecule has 0 radical (unpaired) electrons. The maximum atomic E-state index is 6.86. The van der Waals surface area contributed by atoms with Gasteiger partial charge in [-0.2, -0.15) is 9.97 Å². The van der Waals surface area contributed by atoms with E-state index in [1.807, 2.05) is 133 Å². The molecule has 0 atom stereocenters. The highest BCUT2D eigenvalue weighted by Crippen LogP contribution is 2.45. The van der Waals surface area contributed by atoms with Gasteiger partial charge < -0.3 is 4.42 Å². The predicted molar refractivity (Wildman–Crippen MR) is 247 cm³/mol. The molecule has 8 aromatic carbocycles. The Hall–Kier alpha value is -8.62. The zero-order valence-electron chi connectivity index (χ0n) is 33.1. The second-order valence-electron chi connectivity index (χ2n) is 15.1. The molecule has 12 rings (SSSR count). The molecule has 0 saturated carbocycles. The summed E-state index contributed by atoms with van der Waals surface area (Å²) in [4.78, 5) is 30.6. The van der Waals surface area contributed by atoms with Crippen LogP contribution in [0.5, 0.6) is 0 Å². The summed E-state index contributed by atoms with van der Waals surface area (Å²) in [7, 11) is 0. The lowest BCUT2D eigenvalue weighted by Gasteiger charge is -2.12. The van der Waals surface area contributed by atoms with Gasteiger partial charge in [0.05, 0.1) is 5.52 Å². The molecule has 0 aliphatic rings. The summed E-state index contributed by atoms with van der Waals surface area (Å²) in [5, 5.41) is 4.04. The summed E-state index contributed by atoms with van der Waals surface area (Å²) >= 11 is 0. The van der Waals surface area contributed by atoms with Gasteiger partial charge in [0.15, 0.2) is 34.7 Å². The van der Waals surface area contributed by atoms with Gasteiger partial charge in [-0.15, -0.1) is 0 Å². The van der Waals surface area contributed by atoms with Crippen molar-refractivity contribution in [3.05, 3.63) is 200 Å². The molecule has 0 fully saturated rings. The van der Waals surface area contributed by atoms with Crippen molar-refractivity contribution in [3.8, 4) is 74.0 Å². The van der Waals surface area contributed by atoms with Crippen molar-refractivity contribution in [2.24, 2.45) is 0 Å². The van der Waals surface area contributed by atoms with E-state index in [0.717, 1.165) is 82.7 Å². The Morgan fingerprint density at radius 2 is 0.774 bits per heavy atom. The maximum absolute atomic E-state index is 6.86. The third-order valence-electron chi connectivity index (χ3n) is 11.3. The fourth-order valence-corrected chi connectivity index (χ4v) is 8.42. The molecular weight excluding hydrogens is 763 g/mol. The highest BCUT2D eigenvalue weighted by Gasteiger charge is 2.25. The number of nitrogens with zero attached hydrogens (tertiary/aromatic N) is 7. The summed E-state index contributed by atoms with van der Waals surface area (Å²) in [5.41, 5.74) is 9.85. The van der Waals surface area contributed by atoms with E-state index < -0.39 is 0 Å². The fourth-order valence-electron chi connectivity index (χ4n) is 8.42. The Morgan fingerprint density at radius 1 is 0.339 bits per heavy atom. The molecule has 0 aliphatic heterocycles. The van der Waals surface area contributed by atoms with E-state index in [1.165, 1.54) is 0 Å². The zero-order chi connectivity index (χ0) is 41.0. The van der Waals surface area contributed by atoms with E-state index in [9.17, 15) is 0 Å². The molecule has 12 aromatic rings. The summed E-state index contributed by atoms with van der Waals surface area (Å²) < 4.78 is 9.01. The van der Waals surface area contributed by atoms with Crippen LogP contribution in [0.2, 0.25) is 0 Å². The standard InChI is InChI=1S/C54H33N7O/c1-5-18-34(19-6-1)49-55-50(35-20-7-2-8-21-35)57-53(56-49)39-27-17-26-38(32-39)42-33-43-40-28-14-16-31-45(40)62-48(43)47-46(42)41-29-13-15-30-44(41)61(47)54-59-51(36-22-9-3-10-23-36)58-52(60-54)37-24-11-4-12-25-37/h1-33H. The van der Waals surface area contributed by atoms with Crippen molar-refractivity contribution in [2.75, 3.05) is 0 Å². The number of aromatic nitrogens is 7. The smallest absolute Gasteiger partial charge is 0.238 e. The van der Waals surface area contributed by atoms with Crippen LogP contribution in [0.25, 0.3) is 118 Å². The van der Waals surface area contributed by atoms with Crippen molar-refractivity contribution < 1.29 is 4.42 Å². The molecule has 0 unspecified atom stereocenters. The summed E-state index contributed by atoms with van der Waals surface area (Å²) in [6.45, 7) is 0. The van der Waals surface area contributed by atoms with Gasteiger partial charge in [-0.05, 0) is 35.4 Å². The third-order valence-corrected chi connectivity index (χ3v) is 11.3. The minimum atomic E-state index is 0.489. The van der Waals surface area contributed by atoms with E-state index in [2.05, 4.69) is 71.3 Å². The minimum absolute atomic E-state index is 0.489. The Balaban J connectivity index is 1.14. The van der Waals surface area contributed by atoms with Gasteiger partial charge in [0.2, 0.25) is 5.95 Å². The number of furan rings is 1. The number of benzene rings is 8. The van der Waals surface area contributed by atoms with Crippen molar-refractivity contribution >= 4 is 43.7 Å². The van der Waals surface area contributed by atoms with Crippen molar-refractivity contribution in [1.29, 1.82) is 0 Å². The molecule has 4 heterocycles. The Labute approximate surface area is 355 Å². The molecule has 0 amide bonds. The quantitative estimate of drug-likeness (QED) is 0.158. The van der Waals surface area contributed by atoms with Crippen LogP contribution in [0.1, 0.15) is 0 Å². The van der Waals surface area contributed by atoms with E-state index in [0.29, 0.717) is 35.1 Å². The molecule has 8 nitrogen and oxygen atoms in total. The second kappa shape index (κ2) is 14.6. The van der Waals surface area contributed by atoms with E-state index >= 15 is 0 Å². The van der Waals surface area contributed by atoms with E-state index in [1.54, 1.807) is 0 Å². The number of hydrogen-bond acceptors (Lipinski definition) is 7. The summed E-state index contributed by atoms with van der Waals surface area (Å²) in [5.74, 6) is 3.44. The molecule has 8 heteroatoms. The molecular formula is C54H33N7O. The van der Waals surface area contributed by atoms with Gasteiger partial charge in [-0.1, -0.05) is 176 Å². The first kappa shape index (κ1) is 35.3. The van der Waals surface area contributed by atoms with Gasteiger partial charge in [-0.3, -0.25) is 4.57 Å². The summed E-state index contributed by atoms with van der Waals surface area (Å²) in [6, 6.07) is 67.6. The van der Waals surface area contributed by atoms with Crippen molar-refractivity contribution in [3.63, 3.8) is 0 Å². The molecule has 0 N–H and O–H groups in total. The first-order valence-electron chi connectivity index (χ1n) is 20.5. The van der Waals surface area contributed by atoms with Crippen LogP contribution in [0.4, 0.5) is 0 Å². The summed E-state index contributed by atoms with van der Waals surface area (Å²) in [6.07, 6.45) is 0. The van der Waals surface area contributed by atoms with Crippen LogP contribution in [0.15, 0.2) is 205 Å². The molecule has 0 aliphatic carbocycles. The van der Waals surface area contributed by atoms with Crippen LogP contribution in [0.3, 0.4) is 0 Å². The van der Waals surface area contributed by atoms with Crippen LogP contribution in [-0.4, -0.2) is 34.5 Å². The zero-order valence-corrected chi connectivity index (χ0v) is 33.1. The molecule has 62 heavy (non-hydrogen) atoms. The fraction of sp³-hybridized carbons (Fsp3) is 0. The van der Waals surface area contributed by atoms with Crippen LogP contribution >= 0.6 is 0 Å². The number of fused-ring (bicyclic) bond motifs is 7. The van der Waals surface area contributed by atoms with Gasteiger partial charge in [0.25, 0.3) is 0 Å². The van der Waals surface area contributed by atoms with Gasteiger partial charge in [0.1, 0.15) is 11.1 Å². The number of para-hydroxylation sites is 2. The highest BCUT2D eigenvalue weighted by atomic mass is 16.3. The number of hydrogen-bond donors (Lipinski definition) is 0. The van der Waals surface area contributed by atoms with Crippen molar-refractivity contribution in [2.45, 2.75) is 0 Å². The molecule has 0 bridgehead atoms. The van der Waals surface area contributed by atoms with Crippen LogP contribution in [0, 0.1) is 0 Å². The monoisotopic (exact) mass is 795 g/mol. The molecule has 0 saturated heterocycles. The van der Waals surface area contributed by atoms with Crippen molar-refractivity contribution in [1.82, 2.24) is 34.5 Å². The average Bonchev–Trinajstić information content (AvgIpc) is 3.91. The van der Waals surface area contributed by atoms with E-state index in [4.69, 9.17) is 34.3 Å². The highest BCUT2D eigenvalue weighted by molar-refractivity contribution is 6.26. The first-order valence-corrected chi connectivity index (χ1v) is 20.5. The average molecular weight is 796 g/mol. The van der Waals surface area contributed by atoms with Gasteiger partial charge >= 0.3 is 0 Å². The molecule has 4 aromatic heterocycles. The lowest BCUT2D eigenvalue weighted by molar-refractivity contribution is 0.670. The Kier molecular flexibility index (Phi) is 8.31. The SMILES string of the molecule is c1ccc(-c2nc(-c3ccccc3)nc(-c3cccc(-c4cc5c6ccccc6oc5c5c4c4ccccc4n5-c4nc(-c5ccccc5)nc(-c5ccccc5)n4)c3)n2)cc1. The molecule has 0 spiro atoms. The topological polar surface area (TPSA) is 95.4 Å². The lowest BCUT2D eigenvalue weighted by Crippen LogP contribution is -2.06. The lowest BCUT2D eigenvalue weighted by atomic mass is 9.95. The second-order valence-corrected chi connectivity index (χ2v) is 15.1. The van der Waals surface area contributed by atoms with Crippen LogP contribution in [-0.2, 0) is 0 Å². The predicted octanol–water partition coefficient (Wildman–Crippen LogP) is 13.1. The van der Waals surface area contributed by atoms with Gasteiger partial charge in [-0.25, -0.2) is 19.9 Å². The van der Waals surface area contributed by atoms with Gasteiger partial charge in [0, 0.05) is 49.4 Å². The van der Waals surface area contributed by atoms with Crippen LogP contribution < -0.4 is 0 Å². The Bertz CT molecular complexity index is 3510. The third kappa shape index (κ3) is 6.00.